The first-order valence-corrected chi connectivity index (χ1v) is 9.46. The minimum absolute atomic E-state index is 0.0650. The number of hydrogen-bond acceptors (Lipinski definition) is 4. The Kier molecular flexibility index (Phi) is 11.4. The smallest absolute Gasteiger partial charge is 0.308 e. The Hall–Kier alpha value is -1.39. The largest absolute Gasteiger partial charge is 0.462 e. The fourth-order valence-corrected chi connectivity index (χ4v) is 2.68. The van der Waals surface area contributed by atoms with Gasteiger partial charge in [0.25, 0.3) is 0 Å². The lowest BCUT2D eigenvalue weighted by Crippen LogP contribution is -2.35. The molecule has 0 aromatic carbocycles. The highest BCUT2D eigenvalue weighted by atomic mass is 16.5. The van der Waals surface area contributed by atoms with Crippen LogP contribution in [0.2, 0.25) is 0 Å². The van der Waals surface area contributed by atoms with Gasteiger partial charge in [-0.2, -0.15) is 0 Å². The molecule has 0 fully saturated rings. The van der Waals surface area contributed by atoms with E-state index >= 15 is 0 Å². The number of carbonyl (C=O) groups is 3. The van der Waals surface area contributed by atoms with Gasteiger partial charge in [0.05, 0.1) is 5.92 Å². The maximum Gasteiger partial charge on any atom is 0.308 e. The lowest BCUT2D eigenvalue weighted by atomic mass is 9.82. The van der Waals surface area contributed by atoms with E-state index in [2.05, 4.69) is 33.0 Å². The van der Waals surface area contributed by atoms with E-state index in [1.807, 2.05) is 6.92 Å². The molecule has 146 valence electrons. The number of unbranched alkanes of at least 4 members (excludes halogenated alkanes) is 1. The molecule has 0 aliphatic carbocycles. The number of amides is 1. The van der Waals surface area contributed by atoms with Crippen molar-refractivity contribution < 1.29 is 19.1 Å². The highest BCUT2D eigenvalue weighted by Crippen LogP contribution is 2.30. The van der Waals surface area contributed by atoms with Crippen LogP contribution in [-0.4, -0.2) is 31.3 Å². The molecular weight excluding hydrogens is 318 g/mol. The Bertz CT molecular complexity index is 414. The van der Waals surface area contributed by atoms with Gasteiger partial charge in [-0.3, -0.25) is 9.59 Å². The monoisotopic (exact) mass is 355 g/mol. The summed E-state index contributed by atoms with van der Waals surface area (Å²) in [6.45, 7) is 10.3. The topological polar surface area (TPSA) is 72.5 Å². The predicted octanol–water partition coefficient (Wildman–Crippen LogP) is 3.89. The van der Waals surface area contributed by atoms with E-state index in [9.17, 15) is 14.4 Å². The van der Waals surface area contributed by atoms with Crippen LogP contribution >= 0.6 is 0 Å². The van der Waals surface area contributed by atoms with Gasteiger partial charge < -0.3 is 14.8 Å². The zero-order valence-corrected chi connectivity index (χ0v) is 16.9. The lowest BCUT2D eigenvalue weighted by molar-refractivity contribution is -0.160. The zero-order valence-electron chi connectivity index (χ0n) is 16.9. The molecule has 5 heteroatoms. The molecule has 0 bridgehead atoms. The van der Waals surface area contributed by atoms with E-state index in [1.54, 1.807) is 7.05 Å². The van der Waals surface area contributed by atoms with Crippen molar-refractivity contribution in [3.63, 3.8) is 0 Å². The average molecular weight is 356 g/mol. The highest BCUT2D eigenvalue weighted by Gasteiger charge is 2.31. The van der Waals surface area contributed by atoms with Crippen molar-refractivity contribution in [3.05, 3.63) is 0 Å². The van der Waals surface area contributed by atoms with Crippen molar-refractivity contribution in [2.75, 3.05) is 7.05 Å². The van der Waals surface area contributed by atoms with Crippen molar-refractivity contribution in [2.24, 2.45) is 17.3 Å². The van der Waals surface area contributed by atoms with Crippen LogP contribution < -0.4 is 5.32 Å². The van der Waals surface area contributed by atoms with Crippen molar-refractivity contribution in [3.8, 4) is 0 Å². The Labute approximate surface area is 153 Å². The average Bonchev–Trinajstić information content (AvgIpc) is 2.53. The summed E-state index contributed by atoms with van der Waals surface area (Å²) >= 11 is 0. The summed E-state index contributed by atoms with van der Waals surface area (Å²) in [5, 5.41) is 2.63. The van der Waals surface area contributed by atoms with Gasteiger partial charge in [-0.25, -0.2) is 0 Å². The zero-order chi connectivity index (χ0) is 19.5. The molecule has 0 saturated carbocycles. The summed E-state index contributed by atoms with van der Waals surface area (Å²) in [4.78, 5) is 34.0. The van der Waals surface area contributed by atoms with Crippen molar-refractivity contribution in [1.29, 1.82) is 0 Å². The molecular formula is C20H37NO4. The van der Waals surface area contributed by atoms with Gasteiger partial charge in [0, 0.05) is 19.9 Å². The number of ether oxygens (including phenoxy) is 1. The SMILES string of the molecule is CNC(=O)CCC[C@@H](C)C[C@H](OC(=O)[C@H](C)CCCC=O)C(C)(C)C. The van der Waals surface area contributed by atoms with Gasteiger partial charge >= 0.3 is 5.97 Å². The summed E-state index contributed by atoms with van der Waals surface area (Å²) in [5.41, 5.74) is -0.132. The summed E-state index contributed by atoms with van der Waals surface area (Å²) < 4.78 is 5.82. The van der Waals surface area contributed by atoms with Crippen molar-refractivity contribution in [2.45, 2.75) is 85.7 Å². The van der Waals surface area contributed by atoms with Gasteiger partial charge in [-0.15, -0.1) is 0 Å². The molecule has 0 unspecified atom stereocenters. The minimum atomic E-state index is -0.187. The Morgan fingerprint density at radius 2 is 1.76 bits per heavy atom. The molecule has 0 rings (SSSR count). The second-order valence-corrected chi connectivity index (χ2v) is 8.20. The third-order valence-electron chi connectivity index (χ3n) is 4.58. The van der Waals surface area contributed by atoms with Crippen LogP contribution in [0.25, 0.3) is 0 Å². The molecule has 0 aliphatic rings. The van der Waals surface area contributed by atoms with Crippen LogP contribution in [0.3, 0.4) is 0 Å². The Balaban J connectivity index is 4.52. The second kappa shape index (κ2) is 12.0. The van der Waals surface area contributed by atoms with Crippen LogP contribution in [0.1, 0.15) is 79.6 Å². The molecule has 0 aromatic rings. The fraction of sp³-hybridized carbons (Fsp3) is 0.850. The number of nitrogens with one attached hydrogen (secondary N) is 1. The maximum absolute atomic E-state index is 12.4. The molecule has 1 N–H and O–H groups in total. The molecule has 0 heterocycles. The molecule has 0 aliphatic heterocycles. The van der Waals surface area contributed by atoms with Crippen LogP contribution in [0.4, 0.5) is 0 Å². The lowest BCUT2D eigenvalue weighted by Gasteiger charge is -2.33. The maximum atomic E-state index is 12.4. The van der Waals surface area contributed by atoms with Gasteiger partial charge in [0.1, 0.15) is 12.4 Å². The first-order chi connectivity index (χ1) is 11.6. The molecule has 3 atom stereocenters. The molecule has 0 radical (unpaired) electrons. The molecule has 5 nitrogen and oxygen atoms in total. The summed E-state index contributed by atoms with van der Waals surface area (Å²) in [5.74, 6) is 0.0824. The number of rotatable bonds is 12. The molecule has 0 spiro atoms. The third-order valence-corrected chi connectivity index (χ3v) is 4.58. The summed E-state index contributed by atoms with van der Waals surface area (Å²) in [6.07, 6.45) is 5.73. The normalized spacial score (nSPS) is 15.1. The first-order valence-electron chi connectivity index (χ1n) is 9.46. The van der Waals surface area contributed by atoms with Crippen LogP contribution in [0.5, 0.6) is 0 Å². The number of esters is 1. The van der Waals surface area contributed by atoms with Crippen molar-refractivity contribution in [1.82, 2.24) is 5.32 Å². The fourth-order valence-electron chi connectivity index (χ4n) is 2.68. The van der Waals surface area contributed by atoms with E-state index in [1.165, 1.54) is 0 Å². The Morgan fingerprint density at radius 1 is 1.12 bits per heavy atom. The van der Waals surface area contributed by atoms with Gasteiger partial charge in [-0.1, -0.05) is 41.0 Å². The van der Waals surface area contributed by atoms with E-state index in [0.717, 1.165) is 32.0 Å². The molecule has 25 heavy (non-hydrogen) atoms. The molecule has 1 amide bonds. The quantitative estimate of drug-likeness (QED) is 0.327. The highest BCUT2D eigenvalue weighted by molar-refractivity contribution is 5.75. The number of carbonyl (C=O) groups excluding carboxylic acids is 3. The van der Waals surface area contributed by atoms with Crippen molar-refractivity contribution >= 4 is 18.2 Å². The van der Waals surface area contributed by atoms with Crippen LogP contribution in [0, 0.1) is 17.3 Å². The van der Waals surface area contributed by atoms with E-state index in [0.29, 0.717) is 25.2 Å². The molecule has 0 aromatic heterocycles. The number of hydrogen-bond donors (Lipinski definition) is 1. The third kappa shape index (κ3) is 11.0. The second-order valence-electron chi connectivity index (χ2n) is 8.20. The van der Waals surface area contributed by atoms with E-state index in [-0.39, 0.29) is 29.3 Å². The van der Waals surface area contributed by atoms with Crippen LogP contribution in [0.15, 0.2) is 0 Å². The van der Waals surface area contributed by atoms with Gasteiger partial charge in [0.2, 0.25) is 5.91 Å². The predicted molar refractivity (Wildman–Crippen MR) is 100 cm³/mol. The van der Waals surface area contributed by atoms with E-state index in [4.69, 9.17) is 4.74 Å². The summed E-state index contributed by atoms with van der Waals surface area (Å²) in [7, 11) is 1.65. The van der Waals surface area contributed by atoms with E-state index < -0.39 is 0 Å². The Morgan fingerprint density at radius 3 is 2.28 bits per heavy atom. The molecule has 0 saturated heterocycles. The summed E-state index contributed by atoms with van der Waals surface area (Å²) in [6, 6.07) is 0. The van der Waals surface area contributed by atoms with Gasteiger partial charge in [0.15, 0.2) is 0 Å². The number of aldehydes is 1. The first kappa shape index (κ1) is 23.6. The van der Waals surface area contributed by atoms with Crippen LogP contribution in [-0.2, 0) is 19.1 Å². The van der Waals surface area contributed by atoms with Gasteiger partial charge in [-0.05, 0) is 37.0 Å². The minimum Gasteiger partial charge on any atom is -0.462 e. The standard InChI is InChI=1S/C20H37NO4/c1-15(10-9-12-18(23)21-6)14-17(20(3,4)5)25-19(24)16(2)11-7-8-13-22/h13,15-17H,7-12,14H2,1-6H3,(H,21,23)/t15-,16-,17+/m1/s1.